The lowest BCUT2D eigenvalue weighted by atomic mass is 9.78. The van der Waals surface area contributed by atoms with Crippen LogP contribution in [0.15, 0.2) is 29.2 Å². The molecule has 118 valence electrons. The Morgan fingerprint density at radius 1 is 1.41 bits per heavy atom. The van der Waals surface area contributed by atoms with Crippen LogP contribution in [0.4, 0.5) is 0 Å². The van der Waals surface area contributed by atoms with Crippen molar-refractivity contribution in [2.75, 3.05) is 6.61 Å². The molecule has 0 unspecified atom stereocenters. The number of hydrogen-bond acceptors (Lipinski definition) is 3. The Kier molecular flexibility index (Phi) is 3.81. The van der Waals surface area contributed by atoms with Gasteiger partial charge in [0.15, 0.2) is 0 Å². The first-order valence-corrected chi connectivity index (χ1v) is 8.01. The van der Waals surface area contributed by atoms with Crippen molar-refractivity contribution in [3.05, 3.63) is 40.6 Å². The zero-order valence-corrected chi connectivity index (χ0v) is 13.2. The molecule has 0 fully saturated rings. The van der Waals surface area contributed by atoms with Crippen LogP contribution in [0.25, 0.3) is 5.70 Å². The van der Waals surface area contributed by atoms with Crippen LogP contribution in [0.3, 0.4) is 0 Å². The van der Waals surface area contributed by atoms with Gasteiger partial charge in [0.05, 0.1) is 6.61 Å². The first-order valence-electron chi connectivity index (χ1n) is 8.01. The average molecular weight is 302 g/mol. The number of esters is 1. The Hall–Kier alpha value is -2.04. The fourth-order valence-electron chi connectivity index (χ4n) is 3.46. The van der Waals surface area contributed by atoms with Gasteiger partial charge in [-0.25, -0.2) is 4.79 Å². The van der Waals surface area contributed by atoms with Crippen molar-refractivity contribution in [1.82, 2.24) is 9.13 Å². The van der Waals surface area contributed by atoms with E-state index in [1.807, 2.05) is 35.9 Å². The van der Waals surface area contributed by atoms with E-state index in [0.29, 0.717) is 13.0 Å². The molecule has 5 heteroatoms. The van der Waals surface area contributed by atoms with E-state index in [9.17, 15) is 9.59 Å². The molecule has 1 aliphatic carbocycles. The van der Waals surface area contributed by atoms with Gasteiger partial charge < -0.3 is 4.74 Å². The number of allylic oxidation sites excluding steroid dienone is 2. The summed E-state index contributed by atoms with van der Waals surface area (Å²) in [5, 5.41) is 0. The molecule has 1 aliphatic heterocycles. The lowest BCUT2D eigenvalue weighted by Crippen LogP contribution is -2.38. The first-order chi connectivity index (χ1) is 10.6. The molecule has 0 amide bonds. The molecule has 3 rings (SSSR count). The molecule has 0 bridgehead atoms. The standard InChI is InChI=1S/C17H22N2O3/c1-3-17(15(20)22-4-2)10-6-5-9-14(17)19-12-13-8-7-11-18(13)16(19)21/h6,9-10,12H,3-5,7-8,11H2,1-2H3/t17-/m0/s1. The predicted octanol–water partition coefficient (Wildman–Crippen LogP) is 2.36. The van der Waals surface area contributed by atoms with Gasteiger partial charge in [0.1, 0.15) is 5.41 Å². The Balaban J connectivity index is 2.10. The topological polar surface area (TPSA) is 53.2 Å². The summed E-state index contributed by atoms with van der Waals surface area (Å²) >= 11 is 0. The van der Waals surface area contributed by atoms with Crippen LogP contribution in [-0.4, -0.2) is 21.7 Å². The van der Waals surface area contributed by atoms with E-state index in [1.54, 1.807) is 11.5 Å². The molecule has 5 nitrogen and oxygen atoms in total. The van der Waals surface area contributed by atoms with Crippen molar-refractivity contribution < 1.29 is 9.53 Å². The summed E-state index contributed by atoms with van der Waals surface area (Å²) in [5.41, 5.74) is 0.883. The van der Waals surface area contributed by atoms with Crippen molar-refractivity contribution in [2.45, 2.75) is 46.1 Å². The number of nitrogens with zero attached hydrogens (tertiary/aromatic N) is 2. The maximum Gasteiger partial charge on any atom is 0.332 e. The molecule has 1 atom stereocenters. The largest absolute Gasteiger partial charge is 0.465 e. The molecular weight excluding hydrogens is 280 g/mol. The van der Waals surface area contributed by atoms with E-state index in [2.05, 4.69) is 0 Å². The van der Waals surface area contributed by atoms with E-state index >= 15 is 0 Å². The number of aryl methyl sites for hydroxylation is 1. The molecule has 0 N–H and O–H groups in total. The van der Waals surface area contributed by atoms with Gasteiger partial charge in [0.2, 0.25) is 0 Å². The monoisotopic (exact) mass is 302 g/mol. The minimum absolute atomic E-state index is 0.0452. The van der Waals surface area contributed by atoms with Crippen molar-refractivity contribution in [1.29, 1.82) is 0 Å². The third kappa shape index (κ3) is 2.07. The molecule has 0 radical (unpaired) electrons. The predicted molar refractivity (Wildman–Crippen MR) is 84.4 cm³/mol. The van der Waals surface area contributed by atoms with Crippen molar-refractivity contribution in [3.8, 4) is 0 Å². The Morgan fingerprint density at radius 2 is 2.23 bits per heavy atom. The molecule has 0 aromatic carbocycles. The highest BCUT2D eigenvalue weighted by Gasteiger charge is 2.42. The second-order valence-electron chi connectivity index (χ2n) is 5.80. The molecule has 22 heavy (non-hydrogen) atoms. The van der Waals surface area contributed by atoms with Crippen LogP contribution >= 0.6 is 0 Å². The zero-order valence-electron chi connectivity index (χ0n) is 13.2. The summed E-state index contributed by atoms with van der Waals surface area (Å²) < 4.78 is 8.75. The first kappa shape index (κ1) is 14.9. The zero-order chi connectivity index (χ0) is 15.7. The lowest BCUT2D eigenvalue weighted by molar-refractivity contribution is -0.149. The molecular formula is C17H22N2O3. The molecule has 1 aromatic heterocycles. The third-order valence-electron chi connectivity index (χ3n) is 4.64. The molecule has 1 aromatic rings. The number of fused-ring (bicyclic) bond motifs is 1. The van der Waals surface area contributed by atoms with E-state index in [4.69, 9.17) is 4.74 Å². The summed E-state index contributed by atoms with van der Waals surface area (Å²) in [6.45, 7) is 4.86. The quantitative estimate of drug-likeness (QED) is 0.634. The molecule has 2 aliphatic rings. The maximum absolute atomic E-state index is 12.7. The average Bonchev–Trinajstić information content (AvgIpc) is 3.10. The van der Waals surface area contributed by atoms with E-state index < -0.39 is 5.41 Å². The van der Waals surface area contributed by atoms with E-state index in [1.165, 1.54) is 0 Å². The summed E-state index contributed by atoms with van der Waals surface area (Å²) in [6.07, 6.45) is 11.0. The van der Waals surface area contributed by atoms with Crippen LogP contribution in [0.2, 0.25) is 0 Å². The number of aromatic nitrogens is 2. The van der Waals surface area contributed by atoms with Crippen molar-refractivity contribution in [2.24, 2.45) is 5.41 Å². The number of imidazole rings is 1. The van der Waals surface area contributed by atoms with Gasteiger partial charge >= 0.3 is 11.7 Å². The number of rotatable bonds is 4. The minimum atomic E-state index is -0.860. The lowest BCUT2D eigenvalue weighted by Gasteiger charge is -2.32. The summed E-state index contributed by atoms with van der Waals surface area (Å²) in [6, 6.07) is 0. The summed E-state index contributed by atoms with van der Waals surface area (Å²) in [7, 11) is 0. The SMILES string of the molecule is CCOC(=O)[C@@]1(CC)C=CCC=C1n1cc2n(c1=O)CCC2. The number of carbonyl (C=O) groups is 1. The summed E-state index contributed by atoms with van der Waals surface area (Å²) in [5.74, 6) is -0.280. The third-order valence-corrected chi connectivity index (χ3v) is 4.64. The highest BCUT2D eigenvalue weighted by atomic mass is 16.5. The Bertz CT molecular complexity index is 708. The van der Waals surface area contributed by atoms with Crippen LogP contribution in [0.5, 0.6) is 0 Å². The maximum atomic E-state index is 12.7. The molecule has 0 saturated heterocycles. The van der Waals surface area contributed by atoms with Crippen LogP contribution in [-0.2, 0) is 22.5 Å². The molecule has 0 saturated carbocycles. The van der Waals surface area contributed by atoms with Crippen molar-refractivity contribution in [3.63, 3.8) is 0 Å². The fourth-order valence-corrected chi connectivity index (χ4v) is 3.46. The van der Waals surface area contributed by atoms with Gasteiger partial charge in [-0.2, -0.15) is 0 Å². The Morgan fingerprint density at radius 3 is 2.91 bits per heavy atom. The fraction of sp³-hybridized carbons (Fsp3) is 0.529. The highest BCUT2D eigenvalue weighted by molar-refractivity contribution is 5.91. The van der Waals surface area contributed by atoms with E-state index in [0.717, 1.165) is 37.2 Å². The van der Waals surface area contributed by atoms with Gasteiger partial charge in [-0.1, -0.05) is 25.2 Å². The van der Waals surface area contributed by atoms with E-state index in [-0.39, 0.29) is 11.7 Å². The van der Waals surface area contributed by atoms with Crippen LogP contribution < -0.4 is 5.69 Å². The number of ether oxygens (including phenoxy) is 1. The molecule has 0 spiro atoms. The van der Waals surface area contributed by atoms with Gasteiger partial charge in [-0.05, 0) is 32.6 Å². The summed E-state index contributed by atoms with van der Waals surface area (Å²) in [4.78, 5) is 25.2. The van der Waals surface area contributed by atoms with Crippen LogP contribution in [0.1, 0.15) is 38.8 Å². The number of hydrogen-bond donors (Lipinski definition) is 0. The second kappa shape index (κ2) is 5.63. The smallest absolute Gasteiger partial charge is 0.332 e. The van der Waals surface area contributed by atoms with Crippen LogP contribution in [0, 0.1) is 5.41 Å². The van der Waals surface area contributed by atoms with Gasteiger partial charge in [-0.3, -0.25) is 13.9 Å². The van der Waals surface area contributed by atoms with Gasteiger partial charge in [0, 0.05) is 24.1 Å². The number of carbonyl (C=O) groups excluding carboxylic acids is 1. The second-order valence-corrected chi connectivity index (χ2v) is 5.80. The normalized spacial score (nSPS) is 23.3. The molecule has 2 heterocycles. The highest BCUT2D eigenvalue weighted by Crippen LogP contribution is 2.40. The van der Waals surface area contributed by atoms with Gasteiger partial charge in [-0.15, -0.1) is 0 Å². The van der Waals surface area contributed by atoms with Gasteiger partial charge in [0.25, 0.3) is 0 Å². The minimum Gasteiger partial charge on any atom is -0.465 e. The van der Waals surface area contributed by atoms with Crippen molar-refractivity contribution >= 4 is 11.7 Å². The Labute approximate surface area is 129 Å².